The predicted octanol–water partition coefficient (Wildman–Crippen LogP) is 8.37. The van der Waals surface area contributed by atoms with E-state index in [4.69, 9.17) is 43.6 Å². The summed E-state index contributed by atoms with van der Waals surface area (Å²) in [7, 11) is 0. The average molecular weight is 510 g/mol. The third-order valence-electron chi connectivity index (χ3n) is 4.93. The van der Waals surface area contributed by atoms with Gasteiger partial charge in [0, 0.05) is 27.4 Å². The molecule has 0 unspecified atom stereocenters. The van der Waals surface area contributed by atoms with Crippen molar-refractivity contribution in [3.8, 4) is 22.8 Å². The Hall–Kier alpha value is -3.51. The number of fused-ring (bicyclic) bond motifs is 1. The molecule has 5 aromatic rings. The topological polar surface area (TPSA) is 68.3 Å². The standard InChI is InChI=1S/C26H15Cl3N2O3/c27-16-11-15(12-17(28)13-16)23-9-6-19(33-23)7-10-25(32)30-18-5-8-24-22(14-18)31-26(34-24)20-3-1-2-4-21(20)29/h1-14H,(H,30,32)/b10-7+. The van der Waals surface area contributed by atoms with Crippen LogP contribution in [0.2, 0.25) is 15.1 Å². The van der Waals surface area contributed by atoms with Gasteiger partial charge in [-0.15, -0.1) is 0 Å². The molecule has 1 N–H and O–H groups in total. The average Bonchev–Trinajstić information content (AvgIpc) is 3.44. The van der Waals surface area contributed by atoms with Gasteiger partial charge >= 0.3 is 0 Å². The van der Waals surface area contributed by atoms with Crippen LogP contribution in [0.15, 0.2) is 87.7 Å². The predicted molar refractivity (Wildman–Crippen MR) is 136 cm³/mol. The number of oxazole rings is 1. The molecule has 0 aliphatic carbocycles. The second-order valence-corrected chi connectivity index (χ2v) is 8.64. The minimum Gasteiger partial charge on any atom is -0.457 e. The molecular weight excluding hydrogens is 495 g/mol. The lowest BCUT2D eigenvalue weighted by molar-refractivity contribution is -0.111. The smallest absolute Gasteiger partial charge is 0.248 e. The second-order valence-electron chi connectivity index (χ2n) is 7.36. The summed E-state index contributed by atoms with van der Waals surface area (Å²) in [6, 6.07) is 21.2. The number of carbonyl (C=O) groups is 1. The van der Waals surface area contributed by atoms with Gasteiger partial charge in [0.1, 0.15) is 17.0 Å². The van der Waals surface area contributed by atoms with Gasteiger partial charge in [0.05, 0.1) is 10.6 Å². The molecule has 1 amide bonds. The molecule has 0 aliphatic rings. The van der Waals surface area contributed by atoms with Crippen molar-refractivity contribution in [1.29, 1.82) is 0 Å². The number of benzene rings is 3. The van der Waals surface area contributed by atoms with Gasteiger partial charge < -0.3 is 14.2 Å². The van der Waals surface area contributed by atoms with Gasteiger partial charge in [-0.3, -0.25) is 4.79 Å². The van der Waals surface area contributed by atoms with Gasteiger partial charge in [-0.2, -0.15) is 0 Å². The number of anilines is 1. The summed E-state index contributed by atoms with van der Waals surface area (Å²) in [5, 5.41) is 4.38. The van der Waals surface area contributed by atoms with E-state index < -0.39 is 0 Å². The van der Waals surface area contributed by atoms with E-state index >= 15 is 0 Å². The summed E-state index contributed by atoms with van der Waals surface area (Å²) in [6.07, 6.45) is 2.96. The van der Waals surface area contributed by atoms with Gasteiger partial charge in [-0.05, 0) is 66.7 Å². The van der Waals surface area contributed by atoms with Gasteiger partial charge in [-0.25, -0.2) is 4.98 Å². The zero-order valence-corrected chi connectivity index (χ0v) is 19.7. The lowest BCUT2D eigenvalue weighted by atomic mass is 10.2. The Morgan fingerprint density at radius 1 is 0.882 bits per heavy atom. The van der Waals surface area contributed by atoms with Crippen LogP contribution in [0, 0.1) is 0 Å². The van der Waals surface area contributed by atoms with Crippen LogP contribution < -0.4 is 5.32 Å². The first-order chi connectivity index (χ1) is 16.4. The maximum absolute atomic E-state index is 12.4. The first kappa shape index (κ1) is 22.3. The minimum atomic E-state index is -0.321. The van der Waals surface area contributed by atoms with Gasteiger partial charge in [0.25, 0.3) is 0 Å². The molecule has 2 heterocycles. The molecule has 0 aliphatic heterocycles. The number of carbonyl (C=O) groups excluding carboxylic acids is 1. The lowest BCUT2D eigenvalue weighted by Crippen LogP contribution is -2.07. The van der Waals surface area contributed by atoms with Crippen molar-refractivity contribution in [2.45, 2.75) is 0 Å². The Bertz CT molecular complexity index is 1530. The third kappa shape index (κ3) is 4.87. The fourth-order valence-electron chi connectivity index (χ4n) is 3.39. The number of halogens is 3. The molecule has 0 bridgehead atoms. The zero-order valence-electron chi connectivity index (χ0n) is 17.4. The van der Waals surface area contributed by atoms with Crippen molar-refractivity contribution >= 4 is 63.6 Å². The summed E-state index contributed by atoms with van der Waals surface area (Å²) < 4.78 is 11.6. The molecule has 3 aromatic carbocycles. The van der Waals surface area contributed by atoms with Gasteiger partial charge in [0.2, 0.25) is 11.8 Å². The highest BCUT2D eigenvalue weighted by Gasteiger charge is 2.12. The highest BCUT2D eigenvalue weighted by atomic mass is 35.5. The number of hydrogen-bond acceptors (Lipinski definition) is 4. The van der Waals surface area contributed by atoms with Crippen molar-refractivity contribution in [3.63, 3.8) is 0 Å². The number of amides is 1. The van der Waals surface area contributed by atoms with Crippen LogP contribution in [0.1, 0.15) is 5.76 Å². The third-order valence-corrected chi connectivity index (χ3v) is 5.70. The fourth-order valence-corrected chi connectivity index (χ4v) is 4.13. The molecule has 0 saturated carbocycles. The van der Waals surface area contributed by atoms with Crippen molar-refractivity contribution in [2.24, 2.45) is 0 Å². The van der Waals surface area contributed by atoms with Crippen molar-refractivity contribution in [3.05, 3.63) is 99.7 Å². The van der Waals surface area contributed by atoms with Gasteiger partial charge in [-0.1, -0.05) is 46.9 Å². The molecule has 168 valence electrons. The summed E-state index contributed by atoms with van der Waals surface area (Å²) in [6.45, 7) is 0. The molecular formula is C26H15Cl3N2O3. The van der Waals surface area contributed by atoms with E-state index in [1.807, 2.05) is 18.2 Å². The van der Waals surface area contributed by atoms with E-state index in [0.717, 1.165) is 5.56 Å². The van der Waals surface area contributed by atoms with Crippen LogP contribution in [-0.2, 0) is 4.79 Å². The van der Waals surface area contributed by atoms with E-state index in [1.165, 1.54) is 6.08 Å². The Balaban J connectivity index is 1.29. The molecule has 5 rings (SSSR count). The maximum Gasteiger partial charge on any atom is 0.248 e. The Labute approximate surface area is 209 Å². The van der Waals surface area contributed by atoms with Crippen LogP contribution in [0.3, 0.4) is 0 Å². The summed E-state index contributed by atoms with van der Waals surface area (Å²) in [5.74, 6) is 1.20. The van der Waals surface area contributed by atoms with E-state index in [0.29, 0.717) is 54.8 Å². The Kier molecular flexibility index (Phi) is 6.16. The number of nitrogens with one attached hydrogen (secondary N) is 1. The highest BCUT2D eigenvalue weighted by Crippen LogP contribution is 2.31. The quantitative estimate of drug-likeness (QED) is 0.242. The highest BCUT2D eigenvalue weighted by molar-refractivity contribution is 6.35. The molecule has 8 heteroatoms. The van der Waals surface area contributed by atoms with Crippen LogP contribution in [-0.4, -0.2) is 10.9 Å². The van der Waals surface area contributed by atoms with Crippen LogP contribution in [0.25, 0.3) is 40.0 Å². The summed E-state index contributed by atoms with van der Waals surface area (Å²) >= 11 is 18.3. The molecule has 0 saturated heterocycles. The maximum atomic E-state index is 12.4. The van der Waals surface area contributed by atoms with Crippen molar-refractivity contribution in [1.82, 2.24) is 4.98 Å². The SMILES string of the molecule is O=C(/C=C/c1ccc(-c2cc(Cl)cc(Cl)c2)o1)Nc1ccc2oc(-c3ccccc3Cl)nc2c1. The van der Waals surface area contributed by atoms with E-state index in [-0.39, 0.29) is 5.91 Å². The number of aromatic nitrogens is 1. The van der Waals surface area contributed by atoms with E-state index in [9.17, 15) is 4.79 Å². The largest absolute Gasteiger partial charge is 0.457 e. The normalized spacial score (nSPS) is 11.4. The van der Waals surface area contributed by atoms with Crippen LogP contribution in [0.5, 0.6) is 0 Å². The molecule has 0 atom stereocenters. The van der Waals surface area contributed by atoms with Crippen molar-refractivity contribution < 1.29 is 13.6 Å². The van der Waals surface area contributed by atoms with Crippen molar-refractivity contribution in [2.75, 3.05) is 5.32 Å². The number of furan rings is 1. The first-order valence-electron chi connectivity index (χ1n) is 10.2. The molecule has 5 nitrogen and oxygen atoms in total. The van der Waals surface area contributed by atoms with E-state index in [1.54, 1.807) is 60.7 Å². The number of hydrogen-bond donors (Lipinski definition) is 1. The lowest BCUT2D eigenvalue weighted by Gasteiger charge is -2.01. The van der Waals surface area contributed by atoms with Crippen LogP contribution in [0.4, 0.5) is 5.69 Å². The molecule has 34 heavy (non-hydrogen) atoms. The Morgan fingerprint density at radius 2 is 1.68 bits per heavy atom. The van der Waals surface area contributed by atoms with Crippen LogP contribution >= 0.6 is 34.8 Å². The number of rotatable bonds is 5. The first-order valence-corrected chi connectivity index (χ1v) is 11.3. The molecule has 0 radical (unpaired) electrons. The molecule has 0 spiro atoms. The second kappa shape index (κ2) is 9.39. The van der Waals surface area contributed by atoms with Gasteiger partial charge in [0.15, 0.2) is 5.58 Å². The molecule has 0 fully saturated rings. The fraction of sp³-hybridized carbons (Fsp3) is 0. The summed E-state index contributed by atoms with van der Waals surface area (Å²) in [5.41, 5.74) is 3.22. The summed E-state index contributed by atoms with van der Waals surface area (Å²) in [4.78, 5) is 16.9. The minimum absolute atomic E-state index is 0.321. The van der Waals surface area contributed by atoms with E-state index in [2.05, 4.69) is 10.3 Å². The molecule has 2 aromatic heterocycles. The zero-order chi connectivity index (χ0) is 23.7. The Morgan fingerprint density at radius 3 is 2.47 bits per heavy atom. The monoisotopic (exact) mass is 508 g/mol. The number of nitrogens with zero attached hydrogens (tertiary/aromatic N) is 1.